The highest BCUT2D eigenvalue weighted by Crippen LogP contribution is 2.44. The molecule has 0 radical (unpaired) electrons. The van der Waals surface area contributed by atoms with Crippen molar-refractivity contribution < 1.29 is 4.42 Å². The standard InChI is InChI=1S/C58H39NO/c1-2-14-42(15-3-1)51-20-7-8-21-52(51)43-29-33-50(34-30-43)59(49-31-27-41(28-32-49)45-26-25-40-13-4-5-16-44(40)37-45)56-36-35-53(54-22-9-10-23-55(54)56)46-18-12-19-47(38-46)58-39-48-17-6-11-24-57(48)60-58/h1-39H. The fourth-order valence-electron chi connectivity index (χ4n) is 8.69. The quantitative estimate of drug-likeness (QED) is 0.153. The molecule has 282 valence electrons. The number of nitrogens with zero attached hydrogens (tertiary/aromatic N) is 1. The summed E-state index contributed by atoms with van der Waals surface area (Å²) < 4.78 is 6.30. The van der Waals surface area contributed by atoms with E-state index in [1.165, 1.54) is 60.5 Å². The summed E-state index contributed by atoms with van der Waals surface area (Å²) in [4.78, 5) is 2.40. The van der Waals surface area contributed by atoms with Crippen LogP contribution in [0.5, 0.6) is 0 Å². The number of furan rings is 1. The van der Waals surface area contributed by atoms with Gasteiger partial charge in [0, 0.05) is 27.7 Å². The Kier molecular flexibility index (Phi) is 8.87. The first-order chi connectivity index (χ1) is 29.7. The highest BCUT2D eigenvalue weighted by molar-refractivity contribution is 6.06. The molecule has 0 aliphatic carbocycles. The zero-order valence-electron chi connectivity index (χ0n) is 32.9. The number of fused-ring (bicyclic) bond motifs is 3. The number of anilines is 3. The molecule has 1 heterocycles. The van der Waals surface area contributed by atoms with Crippen LogP contribution in [0.4, 0.5) is 17.1 Å². The lowest BCUT2D eigenvalue weighted by Gasteiger charge is -2.28. The lowest BCUT2D eigenvalue weighted by Crippen LogP contribution is -2.10. The van der Waals surface area contributed by atoms with Crippen molar-refractivity contribution in [3.8, 4) is 55.8 Å². The maximum Gasteiger partial charge on any atom is 0.135 e. The molecule has 0 amide bonds. The first-order valence-corrected chi connectivity index (χ1v) is 20.5. The molecule has 0 saturated carbocycles. The fraction of sp³-hybridized carbons (Fsp3) is 0. The zero-order chi connectivity index (χ0) is 39.8. The molecule has 2 heteroatoms. The molecule has 0 bridgehead atoms. The van der Waals surface area contributed by atoms with Gasteiger partial charge in [-0.2, -0.15) is 0 Å². The molecule has 0 atom stereocenters. The molecule has 0 unspecified atom stereocenters. The van der Waals surface area contributed by atoms with Crippen molar-refractivity contribution >= 4 is 49.6 Å². The van der Waals surface area contributed by atoms with Crippen LogP contribution in [0.25, 0.3) is 88.3 Å². The van der Waals surface area contributed by atoms with Crippen LogP contribution in [0.2, 0.25) is 0 Å². The van der Waals surface area contributed by atoms with Gasteiger partial charge in [0.15, 0.2) is 0 Å². The van der Waals surface area contributed by atoms with E-state index in [0.717, 1.165) is 44.9 Å². The van der Waals surface area contributed by atoms with Crippen LogP contribution in [0.1, 0.15) is 0 Å². The Morgan fingerprint density at radius 1 is 0.283 bits per heavy atom. The van der Waals surface area contributed by atoms with Crippen molar-refractivity contribution in [3.05, 3.63) is 237 Å². The van der Waals surface area contributed by atoms with E-state index in [4.69, 9.17) is 4.42 Å². The van der Waals surface area contributed by atoms with Gasteiger partial charge in [0.05, 0.1) is 5.69 Å². The third-order valence-electron chi connectivity index (χ3n) is 11.7. The fourth-order valence-corrected chi connectivity index (χ4v) is 8.69. The number of para-hydroxylation sites is 1. The van der Waals surface area contributed by atoms with Gasteiger partial charge in [-0.1, -0.05) is 182 Å². The molecular weight excluding hydrogens is 727 g/mol. The van der Waals surface area contributed by atoms with Crippen LogP contribution in [-0.2, 0) is 0 Å². The lowest BCUT2D eigenvalue weighted by molar-refractivity contribution is 0.631. The molecule has 11 rings (SSSR count). The normalized spacial score (nSPS) is 11.3. The Labute approximate surface area is 349 Å². The van der Waals surface area contributed by atoms with Gasteiger partial charge < -0.3 is 9.32 Å². The van der Waals surface area contributed by atoms with E-state index in [1.54, 1.807) is 0 Å². The van der Waals surface area contributed by atoms with Gasteiger partial charge in [-0.05, 0) is 115 Å². The molecule has 11 aromatic rings. The second-order valence-electron chi connectivity index (χ2n) is 15.3. The monoisotopic (exact) mass is 765 g/mol. The molecule has 60 heavy (non-hydrogen) atoms. The maximum atomic E-state index is 6.30. The van der Waals surface area contributed by atoms with Crippen LogP contribution in [0.3, 0.4) is 0 Å². The van der Waals surface area contributed by atoms with Crippen LogP contribution in [0, 0.1) is 0 Å². The summed E-state index contributed by atoms with van der Waals surface area (Å²) in [6.07, 6.45) is 0. The first kappa shape index (κ1) is 35.2. The molecule has 0 saturated heterocycles. The van der Waals surface area contributed by atoms with E-state index < -0.39 is 0 Å². The van der Waals surface area contributed by atoms with E-state index in [1.807, 2.05) is 18.2 Å². The largest absolute Gasteiger partial charge is 0.456 e. The summed E-state index contributed by atoms with van der Waals surface area (Å²) in [6, 6.07) is 84.9. The molecule has 0 fully saturated rings. The minimum absolute atomic E-state index is 0.868. The second-order valence-corrected chi connectivity index (χ2v) is 15.3. The minimum atomic E-state index is 0.868. The van der Waals surface area contributed by atoms with Gasteiger partial charge in [0.1, 0.15) is 11.3 Å². The van der Waals surface area contributed by atoms with Crippen LogP contribution >= 0.6 is 0 Å². The van der Waals surface area contributed by atoms with Crippen LogP contribution in [0.15, 0.2) is 241 Å². The van der Waals surface area contributed by atoms with Crippen molar-refractivity contribution in [1.82, 2.24) is 0 Å². The Morgan fingerprint density at radius 2 is 0.850 bits per heavy atom. The van der Waals surface area contributed by atoms with E-state index >= 15 is 0 Å². The van der Waals surface area contributed by atoms with Gasteiger partial charge in [-0.3, -0.25) is 0 Å². The predicted octanol–water partition coefficient (Wildman–Crippen LogP) is 16.5. The third kappa shape index (κ3) is 6.51. The molecular formula is C58H39NO. The average Bonchev–Trinajstić information content (AvgIpc) is 3.77. The molecule has 0 aliphatic heterocycles. The molecule has 0 N–H and O–H groups in total. The van der Waals surface area contributed by atoms with E-state index in [0.29, 0.717) is 0 Å². The lowest BCUT2D eigenvalue weighted by atomic mass is 9.94. The highest BCUT2D eigenvalue weighted by Gasteiger charge is 2.19. The van der Waals surface area contributed by atoms with Gasteiger partial charge in [0.2, 0.25) is 0 Å². The number of benzene rings is 10. The molecule has 1 aromatic heterocycles. The van der Waals surface area contributed by atoms with Crippen molar-refractivity contribution in [3.63, 3.8) is 0 Å². The first-order valence-electron chi connectivity index (χ1n) is 20.5. The summed E-state index contributed by atoms with van der Waals surface area (Å²) in [5, 5.41) is 5.94. The minimum Gasteiger partial charge on any atom is -0.456 e. The van der Waals surface area contributed by atoms with E-state index in [9.17, 15) is 0 Å². The third-order valence-corrected chi connectivity index (χ3v) is 11.7. The maximum absolute atomic E-state index is 6.30. The summed E-state index contributed by atoms with van der Waals surface area (Å²) in [7, 11) is 0. The predicted molar refractivity (Wildman–Crippen MR) is 253 cm³/mol. The van der Waals surface area contributed by atoms with Gasteiger partial charge in [-0.15, -0.1) is 0 Å². The Bertz CT molecular complexity index is 3270. The van der Waals surface area contributed by atoms with E-state index in [-0.39, 0.29) is 0 Å². The molecule has 0 aliphatic rings. The van der Waals surface area contributed by atoms with E-state index in [2.05, 4.69) is 223 Å². The SMILES string of the molecule is c1ccc(-c2ccccc2-c2ccc(N(c3ccc(-c4ccc5ccccc5c4)cc3)c3ccc(-c4cccc(-c5cc6ccccc6o5)c4)c4ccccc34)cc2)cc1. The van der Waals surface area contributed by atoms with Gasteiger partial charge in [0.25, 0.3) is 0 Å². The van der Waals surface area contributed by atoms with Gasteiger partial charge >= 0.3 is 0 Å². The Balaban J connectivity index is 1.03. The molecule has 10 aromatic carbocycles. The van der Waals surface area contributed by atoms with Crippen molar-refractivity contribution in [2.45, 2.75) is 0 Å². The number of hydrogen-bond acceptors (Lipinski definition) is 2. The van der Waals surface area contributed by atoms with Crippen LogP contribution < -0.4 is 4.90 Å². The van der Waals surface area contributed by atoms with Crippen molar-refractivity contribution in [2.75, 3.05) is 4.90 Å². The summed E-state index contributed by atoms with van der Waals surface area (Å²) in [6.45, 7) is 0. The van der Waals surface area contributed by atoms with Crippen molar-refractivity contribution in [2.24, 2.45) is 0 Å². The second kappa shape index (κ2) is 15.1. The summed E-state index contributed by atoms with van der Waals surface area (Å²) in [5.74, 6) is 0.868. The van der Waals surface area contributed by atoms with Crippen molar-refractivity contribution in [1.29, 1.82) is 0 Å². The molecule has 0 spiro atoms. The zero-order valence-corrected chi connectivity index (χ0v) is 32.9. The Hall–Kier alpha value is -7.94. The Morgan fingerprint density at radius 3 is 1.60 bits per heavy atom. The molecule has 2 nitrogen and oxygen atoms in total. The smallest absolute Gasteiger partial charge is 0.135 e. The van der Waals surface area contributed by atoms with Gasteiger partial charge in [-0.25, -0.2) is 0 Å². The highest BCUT2D eigenvalue weighted by atomic mass is 16.3. The topological polar surface area (TPSA) is 16.4 Å². The summed E-state index contributed by atoms with van der Waals surface area (Å²) in [5.41, 5.74) is 14.7. The summed E-state index contributed by atoms with van der Waals surface area (Å²) >= 11 is 0. The average molecular weight is 766 g/mol. The number of hydrogen-bond donors (Lipinski definition) is 0. The number of rotatable bonds is 8. The van der Waals surface area contributed by atoms with Crippen LogP contribution in [-0.4, -0.2) is 0 Å².